The van der Waals surface area contributed by atoms with E-state index in [0.717, 1.165) is 28.5 Å². The molecule has 1 aromatic carbocycles. The lowest BCUT2D eigenvalue weighted by Crippen LogP contribution is -2.06. The smallest absolute Gasteiger partial charge is 0.221 e. The molecule has 0 fully saturated rings. The van der Waals surface area contributed by atoms with Crippen LogP contribution in [-0.2, 0) is 9.84 Å². The Bertz CT molecular complexity index is 964. The largest absolute Gasteiger partial charge is 0.371 e. The molecule has 0 saturated heterocycles. The SMILES string of the molecule is CNc1n[nH]c2cc(-c3cc(S(C)(=O)=O)nc(N)n3)ccc12. The first-order valence-corrected chi connectivity index (χ1v) is 8.28. The molecule has 0 atom stereocenters. The van der Waals surface area contributed by atoms with E-state index < -0.39 is 9.84 Å². The normalized spacial score (nSPS) is 11.7. The molecule has 0 spiro atoms. The number of rotatable bonds is 3. The zero-order valence-corrected chi connectivity index (χ0v) is 12.8. The summed E-state index contributed by atoms with van der Waals surface area (Å²) in [4.78, 5) is 7.86. The molecule has 0 saturated carbocycles. The van der Waals surface area contributed by atoms with E-state index in [-0.39, 0.29) is 11.0 Å². The molecule has 0 amide bonds. The van der Waals surface area contributed by atoms with Gasteiger partial charge in [0.25, 0.3) is 0 Å². The van der Waals surface area contributed by atoms with Gasteiger partial charge in [-0.1, -0.05) is 6.07 Å². The van der Waals surface area contributed by atoms with Gasteiger partial charge in [-0.25, -0.2) is 18.4 Å². The van der Waals surface area contributed by atoms with Crippen LogP contribution in [0.2, 0.25) is 0 Å². The number of nitrogens with one attached hydrogen (secondary N) is 2. The number of H-pyrrole nitrogens is 1. The Morgan fingerprint density at radius 2 is 2.00 bits per heavy atom. The molecule has 22 heavy (non-hydrogen) atoms. The van der Waals surface area contributed by atoms with Crippen molar-refractivity contribution in [2.75, 3.05) is 24.4 Å². The van der Waals surface area contributed by atoms with Gasteiger partial charge < -0.3 is 11.1 Å². The molecule has 3 rings (SSSR count). The molecule has 8 nitrogen and oxygen atoms in total. The number of nitrogens with zero attached hydrogens (tertiary/aromatic N) is 3. The second-order valence-corrected chi connectivity index (χ2v) is 6.77. The average molecular weight is 318 g/mol. The maximum absolute atomic E-state index is 11.7. The lowest BCUT2D eigenvalue weighted by atomic mass is 10.1. The summed E-state index contributed by atoms with van der Waals surface area (Å²) in [6.07, 6.45) is 1.08. The molecule has 4 N–H and O–H groups in total. The summed E-state index contributed by atoms with van der Waals surface area (Å²) in [5, 5.41) is 10.8. The minimum Gasteiger partial charge on any atom is -0.371 e. The van der Waals surface area contributed by atoms with Gasteiger partial charge in [0.2, 0.25) is 5.95 Å². The molecule has 0 bridgehead atoms. The number of nitrogen functional groups attached to an aromatic ring is 1. The van der Waals surface area contributed by atoms with Crippen LogP contribution in [-0.4, -0.2) is 41.9 Å². The van der Waals surface area contributed by atoms with Crippen LogP contribution in [0.4, 0.5) is 11.8 Å². The minimum absolute atomic E-state index is 0.0847. The van der Waals surface area contributed by atoms with Crippen LogP contribution in [0, 0.1) is 0 Å². The van der Waals surface area contributed by atoms with Crippen LogP contribution in [0.25, 0.3) is 22.2 Å². The van der Waals surface area contributed by atoms with E-state index in [9.17, 15) is 8.42 Å². The Morgan fingerprint density at radius 3 is 2.68 bits per heavy atom. The van der Waals surface area contributed by atoms with Crippen LogP contribution in [0.3, 0.4) is 0 Å². The molecule has 2 heterocycles. The molecule has 0 radical (unpaired) electrons. The second kappa shape index (κ2) is 4.95. The highest BCUT2D eigenvalue weighted by molar-refractivity contribution is 7.90. The van der Waals surface area contributed by atoms with E-state index in [4.69, 9.17) is 5.73 Å². The van der Waals surface area contributed by atoms with Crippen LogP contribution in [0.5, 0.6) is 0 Å². The van der Waals surface area contributed by atoms with Gasteiger partial charge in [0, 0.05) is 30.3 Å². The first kappa shape index (κ1) is 14.3. The summed E-state index contributed by atoms with van der Waals surface area (Å²) >= 11 is 0. The fourth-order valence-electron chi connectivity index (χ4n) is 2.15. The van der Waals surface area contributed by atoms with Crippen LogP contribution < -0.4 is 11.1 Å². The summed E-state index contributed by atoms with van der Waals surface area (Å²) in [5.41, 5.74) is 7.58. The van der Waals surface area contributed by atoms with Gasteiger partial charge >= 0.3 is 0 Å². The zero-order valence-electron chi connectivity index (χ0n) is 12.0. The lowest BCUT2D eigenvalue weighted by Gasteiger charge is -2.05. The highest BCUT2D eigenvalue weighted by atomic mass is 32.2. The molecule has 0 aliphatic carbocycles. The number of benzene rings is 1. The number of aromatic nitrogens is 4. The van der Waals surface area contributed by atoms with Crippen molar-refractivity contribution in [2.24, 2.45) is 0 Å². The Labute approximate surface area is 126 Å². The zero-order chi connectivity index (χ0) is 15.9. The predicted molar refractivity (Wildman–Crippen MR) is 84.2 cm³/mol. The fourth-order valence-corrected chi connectivity index (χ4v) is 2.74. The van der Waals surface area contributed by atoms with Crippen LogP contribution >= 0.6 is 0 Å². The van der Waals surface area contributed by atoms with Crippen molar-refractivity contribution in [1.82, 2.24) is 20.2 Å². The number of aromatic amines is 1. The molecule has 2 aromatic heterocycles. The molecule has 9 heteroatoms. The lowest BCUT2D eigenvalue weighted by molar-refractivity contribution is 0.598. The van der Waals surface area contributed by atoms with Crippen LogP contribution in [0.1, 0.15) is 0 Å². The summed E-state index contributed by atoms with van der Waals surface area (Å²) in [7, 11) is -1.67. The highest BCUT2D eigenvalue weighted by Gasteiger charge is 2.14. The third-order valence-electron chi connectivity index (χ3n) is 3.20. The van der Waals surface area contributed by atoms with Crippen molar-refractivity contribution in [1.29, 1.82) is 0 Å². The Morgan fingerprint density at radius 1 is 1.23 bits per heavy atom. The number of sulfone groups is 1. The van der Waals surface area contributed by atoms with Crippen molar-refractivity contribution in [3.05, 3.63) is 24.3 Å². The van der Waals surface area contributed by atoms with Gasteiger partial charge in [0.1, 0.15) is 0 Å². The van der Waals surface area contributed by atoms with Crippen molar-refractivity contribution in [3.63, 3.8) is 0 Å². The first-order chi connectivity index (χ1) is 10.4. The van der Waals surface area contributed by atoms with Gasteiger partial charge in [-0.2, -0.15) is 5.10 Å². The number of hydrogen-bond acceptors (Lipinski definition) is 7. The molecular formula is C13H14N6O2S. The molecule has 3 aromatic rings. The summed E-state index contributed by atoms with van der Waals surface area (Å²) in [6.45, 7) is 0. The van der Waals surface area contributed by atoms with E-state index in [2.05, 4.69) is 25.5 Å². The van der Waals surface area contributed by atoms with E-state index in [1.807, 2.05) is 18.2 Å². The highest BCUT2D eigenvalue weighted by Crippen LogP contribution is 2.27. The molecule has 114 valence electrons. The number of anilines is 2. The van der Waals surface area contributed by atoms with Crippen molar-refractivity contribution in [3.8, 4) is 11.3 Å². The van der Waals surface area contributed by atoms with Gasteiger partial charge in [-0.3, -0.25) is 5.10 Å². The quantitative estimate of drug-likeness (QED) is 0.616. The first-order valence-electron chi connectivity index (χ1n) is 6.39. The maximum atomic E-state index is 11.7. The topological polar surface area (TPSA) is 127 Å². The Balaban J connectivity index is 2.17. The van der Waals surface area contributed by atoms with Gasteiger partial charge in [0.05, 0.1) is 11.2 Å². The second-order valence-electron chi connectivity index (χ2n) is 4.80. The number of nitrogens with two attached hydrogens (primary N) is 1. The molecule has 0 aliphatic rings. The van der Waals surface area contributed by atoms with Gasteiger partial charge in [0.15, 0.2) is 20.7 Å². The standard InChI is InChI=1S/C13H14N6O2S/c1-15-12-8-4-3-7(5-10(8)18-19-12)9-6-11(22(2,20)21)17-13(14)16-9/h3-6H,1-2H3,(H2,14,16,17)(H2,15,18,19). The minimum atomic E-state index is -3.46. The van der Waals surface area contributed by atoms with Crippen molar-refractivity contribution in [2.45, 2.75) is 5.03 Å². The van der Waals surface area contributed by atoms with E-state index in [1.165, 1.54) is 6.07 Å². The Kier molecular flexibility index (Phi) is 3.21. The molecule has 0 aliphatic heterocycles. The number of hydrogen-bond donors (Lipinski definition) is 3. The third-order valence-corrected chi connectivity index (χ3v) is 4.16. The molecule has 0 unspecified atom stereocenters. The van der Waals surface area contributed by atoms with Crippen molar-refractivity contribution >= 4 is 32.5 Å². The van der Waals surface area contributed by atoms with E-state index in [0.29, 0.717) is 5.69 Å². The number of fused-ring (bicyclic) bond motifs is 1. The third kappa shape index (κ3) is 2.46. The van der Waals surface area contributed by atoms with Gasteiger partial charge in [-0.15, -0.1) is 0 Å². The van der Waals surface area contributed by atoms with E-state index in [1.54, 1.807) is 7.05 Å². The summed E-state index contributed by atoms with van der Waals surface area (Å²) < 4.78 is 23.3. The average Bonchev–Trinajstić information content (AvgIpc) is 2.87. The van der Waals surface area contributed by atoms with Crippen LogP contribution in [0.15, 0.2) is 29.3 Å². The maximum Gasteiger partial charge on any atom is 0.221 e. The predicted octanol–water partition coefficient (Wildman–Crippen LogP) is 1.05. The summed E-state index contributed by atoms with van der Waals surface area (Å²) in [6, 6.07) is 6.93. The monoisotopic (exact) mass is 318 g/mol. The summed E-state index contributed by atoms with van der Waals surface area (Å²) in [5.74, 6) is 0.652. The van der Waals surface area contributed by atoms with Gasteiger partial charge in [-0.05, 0) is 12.1 Å². The molecular weight excluding hydrogens is 304 g/mol. The Hall–Kier alpha value is -2.68. The van der Waals surface area contributed by atoms with E-state index >= 15 is 0 Å². The fraction of sp³-hybridized carbons (Fsp3) is 0.154. The van der Waals surface area contributed by atoms with Crippen molar-refractivity contribution < 1.29 is 8.42 Å².